The van der Waals surface area contributed by atoms with Crippen LogP contribution in [-0.4, -0.2) is 19.5 Å². The number of para-hydroxylation sites is 2. The van der Waals surface area contributed by atoms with Crippen molar-refractivity contribution >= 4 is 54.1 Å². The van der Waals surface area contributed by atoms with Crippen LogP contribution in [0.1, 0.15) is 0 Å². The maximum atomic E-state index is 5.18. The van der Waals surface area contributed by atoms with Crippen molar-refractivity contribution < 1.29 is 0 Å². The molecule has 2 aromatic heterocycles. The minimum absolute atomic E-state index is 0.645. The lowest BCUT2D eigenvalue weighted by Gasteiger charge is -2.14. The fourth-order valence-electron chi connectivity index (χ4n) is 7.28. The summed E-state index contributed by atoms with van der Waals surface area (Å²) in [6, 6.07) is 59.8. The second kappa shape index (κ2) is 11.0. The molecular formula is C45H28N4. The van der Waals surface area contributed by atoms with Gasteiger partial charge in [-0.15, -0.1) is 0 Å². The largest absolute Gasteiger partial charge is 0.309 e. The summed E-state index contributed by atoms with van der Waals surface area (Å²) >= 11 is 0. The highest BCUT2D eigenvalue weighted by molar-refractivity contribution is 6.11. The van der Waals surface area contributed by atoms with Crippen LogP contribution in [0.5, 0.6) is 0 Å². The van der Waals surface area contributed by atoms with E-state index < -0.39 is 0 Å². The predicted octanol–water partition coefficient (Wildman–Crippen LogP) is 11.4. The van der Waals surface area contributed by atoms with Gasteiger partial charge in [-0.05, 0) is 57.3 Å². The number of aromatic nitrogens is 4. The van der Waals surface area contributed by atoms with E-state index in [0.29, 0.717) is 17.5 Å². The summed E-state index contributed by atoms with van der Waals surface area (Å²) in [5.41, 5.74) is 6.35. The van der Waals surface area contributed by atoms with Gasteiger partial charge in [-0.1, -0.05) is 140 Å². The highest BCUT2D eigenvalue weighted by Crippen LogP contribution is 2.37. The predicted molar refractivity (Wildman–Crippen MR) is 203 cm³/mol. The zero-order chi connectivity index (χ0) is 32.3. The number of benzene rings is 8. The molecule has 0 bridgehead atoms. The summed E-state index contributed by atoms with van der Waals surface area (Å²) in [6.45, 7) is 0. The molecule has 0 fully saturated rings. The van der Waals surface area contributed by atoms with Crippen LogP contribution >= 0.6 is 0 Å². The van der Waals surface area contributed by atoms with Gasteiger partial charge in [-0.2, -0.15) is 0 Å². The Kier molecular flexibility index (Phi) is 6.15. The minimum Gasteiger partial charge on any atom is -0.309 e. The van der Waals surface area contributed by atoms with Gasteiger partial charge in [0.25, 0.3) is 0 Å². The van der Waals surface area contributed by atoms with Crippen molar-refractivity contribution in [2.75, 3.05) is 0 Å². The van der Waals surface area contributed by atoms with Gasteiger partial charge in [-0.3, -0.25) is 0 Å². The molecule has 49 heavy (non-hydrogen) atoms. The van der Waals surface area contributed by atoms with Crippen molar-refractivity contribution in [1.29, 1.82) is 0 Å². The topological polar surface area (TPSA) is 43.6 Å². The Hall–Kier alpha value is -6.65. The molecule has 4 heteroatoms. The van der Waals surface area contributed by atoms with E-state index in [0.717, 1.165) is 43.9 Å². The first-order valence-electron chi connectivity index (χ1n) is 16.5. The SMILES string of the molecule is c1ccc2cc(-c3nc(-c4ccc5ccccc5c4)nc(-c4cccc5c(-n6c7ccccc7c7ccccc76)cccc45)n3)ccc2c1. The molecule has 0 aliphatic rings. The summed E-state index contributed by atoms with van der Waals surface area (Å²) in [5.74, 6) is 1.94. The van der Waals surface area contributed by atoms with Gasteiger partial charge in [0.1, 0.15) is 0 Å². The molecule has 0 saturated heterocycles. The molecule has 10 rings (SSSR count). The molecule has 0 aliphatic carbocycles. The Morgan fingerprint density at radius 3 is 1.41 bits per heavy atom. The van der Waals surface area contributed by atoms with E-state index in [1.807, 2.05) is 0 Å². The van der Waals surface area contributed by atoms with Crippen LogP contribution in [-0.2, 0) is 0 Å². The van der Waals surface area contributed by atoms with E-state index >= 15 is 0 Å². The Bertz CT molecular complexity index is 2750. The van der Waals surface area contributed by atoms with Crippen molar-refractivity contribution in [3.8, 4) is 39.9 Å². The van der Waals surface area contributed by atoms with Crippen LogP contribution in [0.3, 0.4) is 0 Å². The number of fused-ring (bicyclic) bond motifs is 6. The van der Waals surface area contributed by atoms with E-state index in [2.05, 4.69) is 174 Å². The molecule has 4 nitrogen and oxygen atoms in total. The Labute approximate surface area is 282 Å². The molecule has 0 spiro atoms. The maximum Gasteiger partial charge on any atom is 0.164 e. The van der Waals surface area contributed by atoms with Gasteiger partial charge in [0, 0.05) is 32.8 Å². The molecule has 0 aliphatic heterocycles. The van der Waals surface area contributed by atoms with Gasteiger partial charge in [0.05, 0.1) is 16.7 Å². The average molecular weight is 625 g/mol. The minimum atomic E-state index is 0.645. The molecule has 0 amide bonds. The normalized spacial score (nSPS) is 11.7. The van der Waals surface area contributed by atoms with Crippen molar-refractivity contribution in [2.45, 2.75) is 0 Å². The smallest absolute Gasteiger partial charge is 0.164 e. The highest BCUT2D eigenvalue weighted by atomic mass is 15.0. The molecule has 0 unspecified atom stereocenters. The first kappa shape index (κ1) is 27.5. The fourth-order valence-corrected chi connectivity index (χ4v) is 7.28. The number of rotatable bonds is 4. The summed E-state index contributed by atoms with van der Waals surface area (Å²) in [5, 5.41) is 9.36. The third-order valence-corrected chi connectivity index (χ3v) is 9.61. The van der Waals surface area contributed by atoms with E-state index in [4.69, 9.17) is 15.0 Å². The molecular weight excluding hydrogens is 597 g/mol. The number of hydrogen-bond donors (Lipinski definition) is 0. The molecule has 0 N–H and O–H groups in total. The third kappa shape index (κ3) is 4.49. The van der Waals surface area contributed by atoms with Gasteiger partial charge in [0.15, 0.2) is 17.5 Å². The summed E-state index contributed by atoms with van der Waals surface area (Å²) in [6.07, 6.45) is 0. The maximum absolute atomic E-state index is 5.18. The van der Waals surface area contributed by atoms with Gasteiger partial charge in [-0.25, -0.2) is 15.0 Å². The third-order valence-electron chi connectivity index (χ3n) is 9.61. The van der Waals surface area contributed by atoms with Gasteiger partial charge < -0.3 is 4.57 Å². The van der Waals surface area contributed by atoms with Gasteiger partial charge in [0.2, 0.25) is 0 Å². The Morgan fingerprint density at radius 1 is 0.327 bits per heavy atom. The molecule has 0 radical (unpaired) electrons. The van der Waals surface area contributed by atoms with Crippen LogP contribution in [0.4, 0.5) is 0 Å². The zero-order valence-corrected chi connectivity index (χ0v) is 26.5. The lowest BCUT2D eigenvalue weighted by atomic mass is 10.0. The monoisotopic (exact) mass is 624 g/mol. The van der Waals surface area contributed by atoms with Crippen molar-refractivity contribution in [3.05, 3.63) is 170 Å². The molecule has 2 heterocycles. The second-order valence-corrected chi connectivity index (χ2v) is 12.5. The lowest BCUT2D eigenvalue weighted by Crippen LogP contribution is -2.01. The summed E-state index contributed by atoms with van der Waals surface area (Å²) < 4.78 is 2.38. The molecule has 0 atom stereocenters. The first-order chi connectivity index (χ1) is 24.3. The van der Waals surface area contributed by atoms with E-state index in [1.54, 1.807) is 0 Å². The van der Waals surface area contributed by atoms with E-state index in [1.165, 1.54) is 32.6 Å². The second-order valence-electron chi connectivity index (χ2n) is 12.5. The van der Waals surface area contributed by atoms with Crippen LogP contribution in [0.2, 0.25) is 0 Å². The first-order valence-corrected chi connectivity index (χ1v) is 16.5. The standard InChI is InChI=1S/C45H28N4/c1-3-13-31-27-33(25-23-29(31)11-1)43-46-44(34-26-24-30-12-2-4-14-32(30)28-34)48-45(47-43)39-19-9-18-36-35(39)17-10-22-42(36)49-40-20-7-5-15-37(40)38-16-6-8-21-41(38)49/h1-28H. The van der Waals surface area contributed by atoms with Crippen LogP contribution < -0.4 is 0 Å². The zero-order valence-electron chi connectivity index (χ0n) is 26.5. The van der Waals surface area contributed by atoms with Crippen LogP contribution in [0, 0.1) is 0 Å². The molecule has 0 saturated carbocycles. The highest BCUT2D eigenvalue weighted by Gasteiger charge is 2.18. The average Bonchev–Trinajstić information content (AvgIpc) is 3.51. The quantitative estimate of drug-likeness (QED) is 0.196. The molecule has 228 valence electrons. The van der Waals surface area contributed by atoms with Crippen molar-refractivity contribution in [2.24, 2.45) is 0 Å². The van der Waals surface area contributed by atoms with Crippen molar-refractivity contribution in [1.82, 2.24) is 19.5 Å². The number of nitrogens with zero attached hydrogens (tertiary/aromatic N) is 4. The van der Waals surface area contributed by atoms with E-state index in [9.17, 15) is 0 Å². The van der Waals surface area contributed by atoms with Crippen molar-refractivity contribution in [3.63, 3.8) is 0 Å². The van der Waals surface area contributed by atoms with Gasteiger partial charge >= 0.3 is 0 Å². The number of hydrogen-bond acceptors (Lipinski definition) is 3. The fraction of sp³-hybridized carbons (Fsp3) is 0. The van der Waals surface area contributed by atoms with Crippen LogP contribution in [0.25, 0.3) is 94.0 Å². The lowest BCUT2D eigenvalue weighted by molar-refractivity contribution is 1.08. The van der Waals surface area contributed by atoms with E-state index in [-0.39, 0.29) is 0 Å². The molecule has 8 aromatic carbocycles. The Balaban J connectivity index is 1.22. The molecule has 10 aromatic rings. The Morgan fingerprint density at radius 2 is 0.796 bits per heavy atom. The summed E-state index contributed by atoms with van der Waals surface area (Å²) in [4.78, 5) is 15.5. The summed E-state index contributed by atoms with van der Waals surface area (Å²) in [7, 11) is 0. The van der Waals surface area contributed by atoms with Crippen LogP contribution in [0.15, 0.2) is 170 Å².